The Morgan fingerprint density at radius 1 is 0.957 bits per heavy atom. The van der Waals surface area contributed by atoms with E-state index in [4.69, 9.17) is 0 Å². The Balaban J connectivity index is 1.68. The number of phenols is 1. The number of hydrogen-bond acceptors (Lipinski definition) is 2. The third-order valence-corrected chi connectivity index (χ3v) is 4.21. The molecule has 0 fully saturated rings. The summed E-state index contributed by atoms with van der Waals surface area (Å²) in [5.41, 5.74) is 2.20. The molecule has 1 heterocycles. The topological polar surface area (TPSA) is 58.0 Å². The Labute approximate surface area is 132 Å². The lowest BCUT2D eigenvalue weighted by molar-refractivity contribution is 0.477. The Hall–Kier alpha value is -3.01. The van der Waals surface area contributed by atoms with Gasteiger partial charge < -0.3 is 10.1 Å². The molecule has 0 aliphatic heterocycles. The predicted molar refractivity (Wildman–Crippen MR) is 91.9 cm³/mol. The van der Waals surface area contributed by atoms with Crippen LogP contribution in [0.2, 0.25) is 0 Å². The van der Waals surface area contributed by atoms with E-state index in [0.29, 0.717) is 17.6 Å². The number of fused-ring (bicyclic) bond motifs is 2. The molecule has 0 bridgehead atoms. The fourth-order valence-corrected chi connectivity index (χ4v) is 3.05. The molecule has 0 aliphatic carbocycles. The van der Waals surface area contributed by atoms with E-state index in [-0.39, 0.29) is 11.4 Å². The number of aromatic nitrogens is 2. The number of benzene rings is 3. The molecule has 2 N–H and O–H groups in total. The molecule has 0 saturated heterocycles. The molecule has 0 unspecified atom stereocenters. The predicted octanol–water partition coefficient (Wildman–Crippen LogP) is 3.43. The van der Waals surface area contributed by atoms with Crippen LogP contribution in [-0.2, 0) is 13.0 Å². The monoisotopic (exact) mass is 304 g/mol. The zero-order valence-electron chi connectivity index (χ0n) is 12.5. The fraction of sp³-hybridized carbons (Fsp3) is 0.105. The number of H-pyrrole nitrogens is 1. The van der Waals surface area contributed by atoms with Gasteiger partial charge in [-0.1, -0.05) is 48.5 Å². The highest BCUT2D eigenvalue weighted by molar-refractivity contribution is 5.83. The van der Waals surface area contributed by atoms with Gasteiger partial charge in [0.2, 0.25) is 0 Å². The quantitative estimate of drug-likeness (QED) is 0.609. The maximum atomic E-state index is 12.1. The number of nitrogens with one attached hydrogen (secondary N) is 1. The Kier molecular flexibility index (Phi) is 3.15. The highest BCUT2D eigenvalue weighted by atomic mass is 16.3. The molecule has 23 heavy (non-hydrogen) atoms. The molecule has 1 aromatic heterocycles. The molecule has 4 nitrogen and oxygen atoms in total. The molecule has 0 spiro atoms. The van der Waals surface area contributed by atoms with Crippen molar-refractivity contribution in [1.82, 2.24) is 9.55 Å². The van der Waals surface area contributed by atoms with Gasteiger partial charge in [-0.2, -0.15) is 0 Å². The second-order valence-corrected chi connectivity index (χ2v) is 5.69. The van der Waals surface area contributed by atoms with Crippen LogP contribution >= 0.6 is 0 Å². The van der Waals surface area contributed by atoms with Crippen LogP contribution in [0.25, 0.3) is 21.8 Å². The van der Waals surface area contributed by atoms with Gasteiger partial charge in [0.1, 0.15) is 11.3 Å². The standard InChI is InChI=1S/C19H16N2O2/c22-17-7-3-6-16-18(17)21(19(23)20-16)11-10-13-8-9-14-4-1-2-5-15(14)12-13/h1-9,12,22H,10-11H2,(H,20,23). The summed E-state index contributed by atoms with van der Waals surface area (Å²) in [6.45, 7) is 0.523. The summed E-state index contributed by atoms with van der Waals surface area (Å²) in [6.07, 6.45) is 0.728. The van der Waals surface area contributed by atoms with Crippen LogP contribution < -0.4 is 5.69 Å². The third-order valence-electron chi connectivity index (χ3n) is 4.21. The maximum Gasteiger partial charge on any atom is 0.326 e. The van der Waals surface area contributed by atoms with Gasteiger partial charge in [-0.3, -0.25) is 4.57 Å². The van der Waals surface area contributed by atoms with Gasteiger partial charge in [0.15, 0.2) is 0 Å². The largest absolute Gasteiger partial charge is 0.506 e. The Morgan fingerprint density at radius 3 is 2.65 bits per heavy atom. The van der Waals surface area contributed by atoms with E-state index in [9.17, 15) is 9.90 Å². The van der Waals surface area contributed by atoms with E-state index in [0.717, 1.165) is 6.42 Å². The summed E-state index contributed by atoms with van der Waals surface area (Å²) >= 11 is 0. The van der Waals surface area contributed by atoms with Gasteiger partial charge in [0.25, 0.3) is 0 Å². The van der Waals surface area contributed by atoms with E-state index in [1.54, 1.807) is 22.8 Å². The fourth-order valence-electron chi connectivity index (χ4n) is 3.05. The Morgan fingerprint density at radius 2 is 1.78 bits per heavy atom. The Bertz CT molecular complexity index is 1060. The molecule has 0 saturated carbocycles. The van der Waals surface area contributed by atoms with Crippen LogP contribution in [0.15, 0.2) is 65.5 Å². The molecule has 114 valence electrons. The highest BCUT2D eigenvalue weighted by Gasteiger charge is 2.10. The van der Waals surface area contributed by atoms with Crippen molar-refractivity contribution in [3.05, 3.63) is 76.7 Å². The van der Waals surface area contributed by atoms with Crippen molar-refractivity contribution < 1.29 is 5.11 Å². The van der Waals surface area contributed by atoms with E-state index in [2.05, 4.69) is 35.3 Å². The van der Waals surface area contributed by atoms with Gasteiger partial charge in [0, 0.05) is 6.54 Å². The lowest BCUT2D eigenvalue weighted by Gasteiger charge is -2.06. The van der Waals surface area contributed by atoms with Gasteiger partial charge in [-0.15, -0.1) is 0 Å². The van der Waals surface area contributed by atoms with E-state index < -0.39 is 0 Å². The highest BCUT2D eigenvalue weighted by Crippen LogP contribution is 2.22. The van der Waals surface area contributed by atoms with Crippen molar-refractivity contribution in [2.75, 3.05) is 0 Å². The van der Waals surface area contributed by atoms with Crippen LogP contribution in [0.4, 0.5) is 0 Å². The number of nitrogens with zero attached hydrogens (tertiary/aromatic N) is 1. The molecule has 4 aromatic rings. The minimum absolute atomic E-state index is 0.124. The lowest BCUT2D eigenvalue weighted by Crippen LogP contribution is -2.17. The van der Waals surface area contributed by atoms with Crippen molar-refractivity contribution in [2.45, 2.75) is 13.0 Å². The smallest absolute Gasteiger partial charge is 0.326 e. The number of aromatic hydroxyl groups is 1. The average Bonchev–Trinajstić information content (AvgIpc) is 2.89. The summed E-state index contributed by atoms with van der Waals surface area (Å²) < 4.78 is 1.60. The van der Waals surface area contributed by atoms with Gasteiger partial charge in [-0.05, 0) is 34.9 Å². The number of aromatic amines is 1. The normalized spacial score (nSPS) is 11.3. The number of phenolic OH excluding ortho intramolecular Hbond substituents is 1. The molecule has 0 aliphatic rings. The van der Waals surface area contributed by atoms with Crippen molar-refractivity contribution in [3.8, 4) is 5.75 Å². The summed E-state index contributed by atoms with van der Waals surface area (Å²) in [7, 11) is 0. The first kappa shape index (κ1) is 13.6. The molecule has 0 amide bonds. The van der Waals surface area contributed by atoms with Crippen molar-refractivity contribution in [1.29, 1.82) is 0 Å². The summed E-state index contributed by atoms with van der Waals surface area (Å²) in [5.74, 6) is 0.124. The van der Waals surface area contributed by atoms with Crippen LogP contribution in [-0.4, -0.2) is 14.7 Å². The summed E-state index contributed by atoms with van der Waals surface area (Å²) in [5, 5.41) is 12.4. The average molecular weight is 304 g/mol. The molecule has 4 rings (SSSR count). The number of imidazole rings is 1. The number of hydrogen-bond donors (Lipinski definition) is 2. The lowest BCUT2D eigenvalue weighted by atomic mass is 10.1. The van der Waals surface area contributed by atoms with Crippen molar-refractivity contribution in [2.24, 2.45) is 0 Å². The molecule has 3 aromatic carbocycles. The first-order valence-electron chi connectivity index (χ1n) is 7.60. The maximum absolute atomic E-state index is 12.1. The number of rotatable bonds is 3. The van der Waals surface area contributed by atoms with Crippen molar-refractivity contribution >= 4 is 21.8 Å². The third kappa shape index (κ3) is 2.38. The van der Waals surface area contributed by atoms with Crippen LogP contribution in [0.1, 0.15) is 5.56 Å². The second-order valence-electron chi connectivity index (χ2n) is 5.69. The van der Waals surface area contributed by atoms with Crippen molar-refractivity contribution in [3.63, 3.8) is 0 Å². The zero-order chi connectivity index (χ0) is 15.8. The molecule has 4 heteroatoms. The minimum atomic E-state index is -0.192. The van der Waals surface area contributed by atoms with Crippen LogP contribution in [0.3, 0.4) is 0 Å². The van der Waals surface area contributed by atoms with Crippen LogP contribution in [0.5, 0.6) is 5.75 Å². The van der Waals surface area contributed by atoms with Gasteiger partial charge in [0.05, 0.1) is 5.52 Å². The minimum Gasteiger partial charge on any atom is -0.506 e. The summed E-state index contributed by atoms with van der Waals surface area (Å²) in [4.78, 5) is 14.9. The first-order valence-corrected chi connectivity index (χ1v) is 7.60. The number of aryl methyl sites for hydroxylation is 2. The van der Waals surface area contributed by atoms with E-state index >= 15 is 0 Å². The van der Waals surface area contributed by atoms with E-state index in [1.807, 2.05) is 12.1 Å². The van der Waals surface area contributed by atoms with E-state index in [1.165, 1.54) is 16.3 Å². The van der Waals surface area contributed by atoms with Gasteiger partial charge in [-0.25, -0.2) is 4.79 Å². The molecule has 0 atom stereocenters. The molecule has 0 radical (unpaired) electrons. The second kappa shape index (κ2) is 5.32. The molecular formula is C19H16N2O2. The van der Waals surface area contributed by atoms with Gasteiger partial charge >= 0.3 is 5.69 Å². The first-order chi connectivity index (χ1) is 11.2. The zero-order valence-corrected chi connectivity index (χ0v) is 12.5. The summed E-state index contributed by atoms with van der Waals surface area (Å²) in [6, 6.07) is 19.7. The van der Waals surface area contributed by atoms with Crippen LogP contribution in [0, 0.1) is 0 Å². The number of para-hydroxylation sites is 1. The SMILES string of the molecule is O=c1[nH]c2cccc(O)c2n1CCc1ccc2ccccc2c1. The molecular weight excluding hydrogens is 288 g/mol.